The molecule has 2 amide bonds. The van der Waals surface area contributed by atoms with Crippen molar-refractivity contribution in [2.45, 2.75) is 70.0 Å². The molecule has 0 saturated carbocycles. The van der Waals surface area contributed by atoms with Crippen molar-refractivity contribution in [2.24, 2.45) is 5.92 Å². The standard InChI is InChI=1S/C22H31N3O2.ClH/c1-14(2)15-4-8-18(9-5-15)25-11-10-20(22(25)27)21(26)24(3)19-12-16-6-7-17(13-19)23-16;/h4-5,8-9,14,16-17,19-20,23H,6-7,10-13H2,1-3H3;1H. The number of anilines is 1. The van der Waals surface area contributed by atoms with Crippen molar-refractivity contribution in [3.63, 3.8) is 0 Å². The molecule has 3 aliphatic heterocycles. The Morgan fingerprint density at radius 3 is 2.29 bits per heavy atom. The zero-order valence-corrected chi connectivity index (χ0v) is 17.9. The number of halogens is 1. The molecule has 6 heteroatoms. The summed E-state index contributed by atoms with van der Waals surface area (Å²) in [5.41, 5.74) is 2.17. The van der Waals surface area contributed by atoms with E-state index in [0.29, 0.717) is 31.0 Å². The van der Waals surface area contributed by atoms with Gasteiger partial charge in [-0.05, 0) is 55.7 Å². The first-order valence-electron chi connectivity index (χ1n) is 10.4. The average Bonchev–Trinajstić information content (AvgIpc) is 3.22. The minimum absolute atomic E-state index is 0. The molecule has 28 heavy (non-hydrogen) atoms. The van der Waals surface area contributed by atoms with Crippen LogP contribution in [-0.4, -0.2) is 48.4 Å². The minimum Gasteiger partial charge on any atom is -0.342 e. The van der Waals surface area contributed by atoms with Crippen LogP contribution in [0, 0.1) is 5.92 Å². The molecular weight excluding hydrogens is 374 g/mol. The van der Waals surface area contributed by atoms with E-state index < -0.39 is 5.92 Å². The van der Waals surface area contributed by atoms with Gasteiger partial charge >= 0.3 is 0 Å². The molecular formula is C22H32ClN3O2. The maximum Gasteiger partial charge on any atom is 0.239 e. The second-order valence-electron chi connectivity index (χ2n) is 8.79. The summed E-state index contributed by atoms with van der Waals surface area (Å²) in [7, 11) is 1.89. The predicted octanol–water partition coefficient (Wildman–Crippen LogP) is 3.33. The van der Waals surface area contributed by atoms with Crippen molar-refractivity contribution < 1.29 is 9.59 Å². The third-order valence-corrected chi connectivity index (χ3v) is 6.72. The Morgan fingerprint density at radius 1 is 1.11 bits per heavy atom. The lowest BCUT2D eigenvalue weighted by molar-refractivity contribution is -0.141. The Balaban J connectivity index is 0.00000225. The SMILES string of the molecule is CC(C)c1ccc(N2CCC(C(=O)N(C)C3CC4CCC(C3)N4)C2=O)cc1.Cl. The lowest BCUT2D eigenvalue weighted by Gasteiger charge is -2.36. The van der Waals surface area contributed by atoms with Crippen molar-refractivity contribution in [3.05, 3.63) is 29.8 Å². The third kappa shape index (κ3) is 3.92. The van der Waals surface area contributed by atoms with Crippen molar-refractivity contribution in [2.75, 3.05) is 18.5 Å². The fourth-order valence-electron chi connectivity index (χ4n) is 4.97. The summed E-state index contributed by atoms with van der Waals surface area (Å²) < 4.78 is 0. The van der Waals surface area contributed by atoms with Crippen LogP contribution < -0.4 is 10.2 Å². The molecule has 3 fully saturated rings. The molecule has 0 radical (unpaired) electrons. The molecule has 154 valence electrons. The Hall–Kier alpha value is -1.59. The van der Waals surface area contributed by atoms with E-state index in [1.807, 2.05) is 24.1 Å². The van der Waals surface area contributed by atoms with Crippen molar-refractivity contribution in [3.8, 4) is 0 Å². The molecule has 2 bridgehead atoms. The zero-order chi connectivity index (χ0) is 19.1. The number of carbonyl (C=O) groups is 2. The molecule has 3 heterocycles. The molecule has 4 rings (SSSR count). The summed E-state index contributed by atoms with van der Waals surface area (Å²) in [6.07, 6.45) is 5.07. The van der Waals surface area contributed by atoms with Crippen LogP contribution in [0.25, 0.3) is 0 Å². The Kier molecular flexibility index (Phi) is 6.35. The van der Waals surface area contributed by atoms with Gasteiger partial charge in [0, 0.05) is 37.4 Å². The molecule has 0 aliphatic carbocycles. The maximum atomic E-state index is 13.1. The van der Waals surface area contributed by atoms with Crippen LogP contribution in [0.2, 0.25) is 0 Å². The Morgan fingerprint density at radius 2 is 1.71 bits per heavy atom. The second-order valence-corrected chi connectivity index (χ2v) is 8.79. The van der Waals surface area contributed by atoms with E-state index in [1.165, 1.54) is 18.4 Å². The van der Waals surface area contributed by atoms with Crippen LogP contribution >= 0.6 is 12.4 Å². The molecule has 3 unspecified atom stereocenters. The summed E-state index contributed by atoms with van der Waals surface area (Å²) >= 11 is 0. The number of nitrogens with zero attached hydrogens (tertiary/aromatic N) is 2. The zero-order valence-electron chi connectivity index (χ0n) is 17.1. The quantitative estimate of drug-likeness (QED) is 0.782. The van der Waals surface area contributed by atoms with Gasteiger partial charge in [0.1, 0.15) is 5.92 Å². The van der Waals surface area contributed by atoms with Gasteiger partial charge in [-0.2, -0.15) is 0 Å². The fourth-order valence-corrected chi connectivity index (χ4v) is 4.97. The van der Waals surface area contributed by atoms with Gasteiger partial charge in [0.15, 0.2) is 0 Å². The van der Waals surface area contributed by atoms with Gasteiger partial charge < -0.3 is 15.1 Å². The van der Waals surface area contributed by atoms with Crippen molar-refractivity contribution in [1.82, 2.24) is 10.2 Å². The van der Waals surface area contributed by atoms with E-state index in [4.69, 9.17) is 0 Å². The molecule has 3 aliphatic rings. The number of carbonyl (C=O) groups excluding carboxylic acids is 2. The number of hydrogen-bond donors (Lipinski definition) is 1. The number of amides is 2. The highest BCUT2D eigenvalue weighted by atomic mass is 35.5. The van der Waals surface area contributed by atoms with E-state index in [2.05, 4.69) is 31.3 Å². The van der Waals surface area contributed by atoms with E-state index in [-0.39, 0.29) is 30.3 Å². The molecule has 1 aromatic carbocycles. The van der Waals surface area contributed by atoms with Gasteiger partial charge in [-0.1, -0.05) is 26.0 Å². The van der Waals surface area contributed by atoms with Gasteiger partial charge in [0.05, 0.1) is 0 Å². The summed E-state index contributed by atoms with van der Waals surface area (Å²) in [6.45, 7) is 4.95. The van der Waals surface area contributed by atoms with Crippen molar-refractivity contribution in [1.29, 1.82) is 0 Å². The molecule has 5 nitrogen and oxygen atoms in total. The molecule has 3 atom stereocenters. The van der Waals surface area contributed by atoms with Gasteiger partial charge in [-0.15, -0.1) is 12.4 Å². The number of hydrogen-bond acceptors (Lipinski definition) is 3. The van der Waals surface area contributed by atoms with Gasteiger partial charge in [0.2, 0.25) is 11.8 Å². The lowest BCUT2D eigenvalue weighted by Crippen LogP contribution is -2.50. The lowest BCUT2D eigenvalue weighted by atomic mass is 9.96. The third-order valence-electron chi connectivity index (χ3n) is 6.72. The predicted molar refractivity (Wildman–Crippen MR) is 114 cm³/mol. The van der Waals surface area contributed by atoms with E-state index in [1.54, 1.807) is 4.90 Å². The Labute approximate surface area is 174 Å². The van der Waals surface area contributed by atoms with E-state index >= 15 is 0 Å². The molecule has 1 aromatic rings. The summed E-state index contributed by atoms with van der Waals surface area (Å²) in [6, 6.07) is 9.53. The number of piperidine rings is 1. The first-order chi connectivity index (χ1) is 12.9. The second kappa shape index (κ2) is 8.42. The van der Waals surface area contributed by atoms with Crippen molar-refractivity contribution >= 4 is 29.9 Å². The first kappa shape index (κ1) is 21.1. The number of benzene rings is 1. The van der Waals surface area contributed by atoms with E-state index in [0.717, 1.165) is 18.5 Å². The van der Waals surface area contributed by atoms with Crippen LogP contribution in [0.5, 0.6) is 0 Å². The number of nitrogens with one attached hydrogen (secondary N) is 1. The van der Waals surface area contributed by atoms with Crippen LogP contribution in [0.15, 0.2) is 24.3 Å². The summed E-state index contributed by atoms with van der Waals surface area (Å²) in [4.78, 5) is 29.7. The van der Waals surface area contributed by atoms with Crippen LogP contribution in [0.3, 0.4) is 0 Å². The average molecular weight is 406 g/mol. The van der Waals surface area contributed by atoms with Gasteiger partial charge in [0.25, 0.3) is 0 Å². The summed E-state index contributed by atoms with van der Waals surface area (Å²) in [5, 5.41) is 3.62. The number of fused-ring (bicyclic) bond motifs is 2. The molecule has 0 spiro atoms. The summed E-state index contributed by atoms with van der Waals surface area (Å²) in [5.74, 6) is -0.0856. The smallest absolute Gasteiger partial charge is 0.239 e. The highest BCUT2D eigenvalue weighted by molar-refractivity contribution is 6.09. The van der Waals surface area contributed by atoms with Gasteiger partial charge in [-0.25, -0.2) is 0 Å². The molecule has 3 saturated heterocycles. The Bertz CT molecular complexity index is 709. The topological polar surface area (TPSA) is 52.7 Å². The highest BCUT2D eigenvalue weighted by Crippen LogP contribution is 2.32. The molecule has 0 aromatic heterocycles. The van der Waals surface area contributed by atoms with Crippen LogP contribution in [-0.2, 0) is 9.59 Å². The monoisotopic (exact) mass is 405 g/mol. The fraction of sp³-hybridized carbons (Fsp3) is 0.636. The van der Waals surface area contributed by atoms with Crippen LogP contribution in [0.1, 0.15) is 57.4 Å². The first-order valence-corrected chi connectivity index (χ1v) is 10.4. The molecule has 1 N–H and O–H groups in total. The van der Waals surface area contributed by atoms with Crippen LogP contribution in [0.4, 0.5) is 5.69 Å². The number of rotatable bonds is 4. The highest BCUT2D eigenvalue weighted by Gasteiger charge is 2.42. The largest absolute Gasteiger partial charge is 0.342 e. The maximum absolute atomic E-state index is 13.1. The minimum atomic E-state index is -0.521. The normalized spacial score (nSPS) is 29.1. The van der Waals surface area contributed by atoms with Gasteiger partial charge in [-0.3, -0.25) is 9.59 Å². The van der Waals surface area contributed by atoms with E-state index in [9.17, 15) is 9.59 Å².